The third-order valence-corrected chi connectivity index (χ3v) is 3.43. The zero-order valence-corrected chi connectivity index (χ0v) is 11.0. The second kappa shape index (κ2) is 7.14. The molecule has 0 atom stereocenters. The molecule has 0 radical (unpaired) electrons. The fraction of sp³-hybridized carbons (Fsp3) is 0.533. The van der Waals surface area contributed by atoms with Crippen LogP contribution in [-0.4, -0.2) is 30.9 Å². The second-order valence-electron chi connectivity index (χ2n) is 4.88. The van der Waals surface area contributed by atoms with Crippen molar-refractivity contribution in [1.29, 1.82) is 0 Å². The molecule has 0 heterocycles. The van der Waals surface area contributed by atoms with Crippen LogP contribution in [0, 0.1) is 5.92 Å². The fourth-order valence-electron chi connectivity index (χ4n) is 2.41. The molecule has 1 aliphatic rings. The van der Waals surface area contributed by atoms with Crippen LogP contribution in [0.25, 0.3) is 0 Å². The van der Waals surface area contributed by atoms with Crippen molar-refractivity contribution in [2.75, 3.05) is 19.8 Å². The third kappa shape index (κ3) is 4.24. The van der Waals surface area contributed by atoms with Crippen molar-refractivity contribution in [2.24, 2.45) is 5.92 Å². The maximum Gasteiger partial charge on any atom is 0.339 e. The van der Waals surface area contributed by atoms with Crippen molar-refractivity contribution in [3.8, 4) is 5.75 Å². The van der Waals surface area contributed by atoms with Crippen molar-refractivity contribution in [3.05, 3.63) is 29.8 Å². The van der Waals surface area contributed by atoms with Crippen LogP contribution >= 0.6 is 0 Å². The van der Waals surface area contributed by atoms with Crippen molar-refractivity contribution in [1.82, 2.24) is 0 Å². The van der Waals surface area contributed by atoms with Gasteiger partial charge in [0.1, 0.15) is 17.9 Å². The average molecular weight is 264 g/mol. The Bertz CT molecular complexity index is 410. The van der Waals surface area contributed by atoms with Gasteiger partial charge < -0.3 is 14.6 Å². The number of carboxylic acid groups (broad SMARTS) is 1. The summed E-state index contributed by atoms with van der Waals surface area (Å²) in [6.45, 7) is 1.69. The van der Waals surface area contributed by atoms with E-state index in [4.69, 9.17) is 14.6 Å². The number of carboxylic acids is 1. The summed E-state index contributed by atoms with van der Waals surface area (Å²) in [6, 6.07) is 6.66. The van der Waals surface area contributed by atoms with Gasteiger partial charge in [-0.25, -0.2) is 4.79 Å². The summed E-state index contributed by atoms with van der Waals surface area (Å²) in [5.41, 5.74) is 0.193. The van der Waals surface area contributed by atoms with E-state index in [2.05, 4.69) is 0 Å². The highest BCUT2D eigenvalue weighted by Gasteiger charge is 2.14. The molecule has 1 aromatic rings. The van der Waals surface area contributed by atoms with Gasteiger partial charge in [0.15, 0.2) is 0 Å². The van der Waals surface area contributed by atoms with Gasteiger partial charge in [0.25, 0.3) is 0 Å². The third-order valence-electron chi connectivity index (χ3n) is 3.43. The predicted molar refractivity (Wildman–Crippen MR) is 71.7 cm³/mol. The molecule has 0 bridgehead atoms. The van der Waals surface area contributed by atoms with Crippen molar-refractivity contribution in [2.45, 2.75) is 25.7 Å². The normalized spacial score (nSPS) is 15.6. The van der Waals surface area contributed by atoms with Gasteiger partial charge in [-0.15, -0.1) is 0 Å². The molecular weight excluding hydrogens is 244 g/mol. The number of aromatic carboxylic acids is 1. The second-order valence-corrected chi connectivity index (χ2v) is 4.88. The van der Waals surface area contributed by atoms with E-state index in [-0.39, 0.29) is 5.56 Å². The Hall–Kier alpha value is -1.55. The highest BCUT2D eigenvalue weighted by atomic mass is 16.5. The van der Waals surface area contributed by atoms with Crippen molar-refractivity contribution < 1.29 is 19.4 Å². The summed E-state index contributed by atoms with van der Waals surface area (Å²) in [7, 11) is 0. The SMILES string of the molecule is O=C(O)c1ccccc1OCCOCC1CCCC1. The maximum atomic E-state index is 11.0. The predicted octanol–water partition coefficient (Wildman–Crippen LogP) is 2.97. The largest absolute Gasteiger partial charge is 0.490 e. The molecule has 0 spiro atoms. The Balaban J connectivity index is 1.69. The smallest absolute Gasteiger partial charge is 0.339 e. The molecule has 0 aliphatic heterocycles. The minimum Gasteiger partial charge on any atom is -0.490 e. The summed E-state index contributed by atoms with van der Waals surface area (Å²) < 4.78 is 11.0. The van der Waals surface area contributed by atoms with E-state index in [1.54, 1.807) is 18.2 Å². The summed E-state index contributed by atoms with van der Waals surface area (Å²) >= 11 is 0. The summed E-state index contributed by atoms with van der Waals surface area (Å²) in [5.74, 6) is 0.133. The number of para-hydroxylation sites is 1. The minimum atomic E-state index is -0.970. The zero-order chi connectivity index (χ0) is 13.5. The van der Waals surface area contributed by atoms with E-state index in [0.29, 0.717) is 24.9 Å². The highest BCUT2D eigenvalue weighted by Crippen LogP contribution is 2.24. The summed E-state index contributed by atoms with van der Waals surface area (Å²) in [4.78, 5) is 11.0. The van der Waals surface area contributed by atoms with Gasteiger partial charge in [0.2, 0.25) is 0 Å². The first-order valence-electron chi connectivity index (χ1n) is 6.80. The van der Waals surface area contributed by atoms with Crippen LogP contribution < -0.4 is 4.74 Å². The number of hydrogen-bond acceptors (Lipinski definition) is 3. The Morgan fingerprint density at radius 3 is 2.68 bits per heavy atom. The number of rotatable bonds is 7. The summed E-state index contributed by atoms with van der Waals surface area (Å²) in [5, 5.41) is 9.00. The zero-order valence-electron chi connectivity index (χ0n) is 11.0. The standard InChI is InChI=1S/C15H20O4/c16-15(17)13-7-3-4-8-14(13)19-10-9-18-11-12-5-1-2-6-12/h3-4,7-8,12H,1-2,5-6,9-11H2,(H,16,17). The van der Waals surface area contributed by atoms with E-state index in [1.165, 1.54) is 31.7 Å². The molecule has 0 unspecified atom stereocenters. The Morgan fingerprint density at radius 1 is 1.21 bits per heavy atom. The lowest BCUT2D eigenvalue weighted by Crippen LogP contribution is -2.13. The van der Waals surface area contributed by atoms with Crippen LogP contribution in [0.2, 0.25) is 0 Å². The van der Waals surface area contributed by atoms with Gasteiger partial charge in [0, 0.05) is 6.61 Å². The number of ether oxygens (including phenoxy) is 2. The number of hydrogen-bond donors (Lipinski definition) is 1. The molecule has 4 nitrogen and oxygen atoms in total. The van der Waals surface area contributed by atoms with Crippen molar-refractivity contribution >= 4 is 5.97 Å². The average Bonchev–Trinajstić information content (AvgIpc) is 2.92. The Morgan fingerprint density at radius 2 is 1.95 bits per heavy atom. The Labute approximate surface area is 113 Å². The molecule has 104 valence electrons. The molecule has 1 fully saturated rings. The molecule has 1 saturated carbocycles. The molecular formula is C15H20O4. The van der Waals surface area contributed by atoms with E-state index >= 15 is 0 Å². The van der Waals surface area contributed by atoms with E-state index < -0.39 is 5.97 Å². The first-order valence-corrected chi connectivity index (χ1v) is 6.80. The topological polar surface area (TPSA) is 55.8 Å². The first-order chi connectivity index (χ1) is 9.27. The molecule has 1 N–H and O–H groups in total. The van der Waals surface area contributed by atoms with Gasteiger partial charge in [0.05, 0.1) is 6.61 Å². The van der Waals surface area contributed by atoms with Gasteiger partial charge in [-0.1, -0.05) is 25.0 Å². The van der Waals surface area contributed by atoms with Crippen molar-refractivity contribution in [3.63, 3.8) is 0 Å². The molecule has 0 saturated heterocycles. The number of benzene rings is 1. The summed E-state index contributed by atoms with van der Waals surface area (Å²) in [6.07, 6.45) is 5.17. The molecule has 1 aromatic carbocycles. The van der Waals surface area contributed by atoms with Gasteiger partial charge in [-0.05, 0) is 30.9 Å². The van der Waals surface area contributed by atoms with E-state index in [0.717, 1.165) is 6.61 Å². The monoisotopic (exact) mass is 264 g/mol. The highest BCUT2D eigenvalue weighted by molar-refractivity contribution is 5.90. The van der Waals surface area contributed by atoms with E-state index in [9.17, 15) is 4.79 Å². The van der Waals surface area contributed by atoms with Crippen LogP contribution in [0.15, 0.2) is 24.3 Å². The molecule has 0 amide bonds. The van der Waals surface area contributed by atoms with Crippen LogP contribution in [0.3, 0.4) is 0 Å². The van der Waals surface area contributed by atoms with Crippen LogP contribution in [0.5, 0.6) is 5.75 Å². The quantitative estimate of drug-likeness (QED) is 0.769. The molecule has 0 aromatic heterocycles. The lowest BCUT2D eigenvalue weighted by molar-refractivity contribution is 0.0668. The van der Waals surface area contributed by atoms with Crippen LogP contribution in [0.4, 0.5) is 0 Å². The molecule has 19 heavy (non-hydrogen) atoms. The minimum absolute atomic E-state index is 0.193. The van der Waals surface area contributed by atoms with Gasteiger partial charge in [-0.2, -0.15) is 0 Å². The lowest BCUT2D eigenvalue weighted by atomic mass is 10.1. The van der Waals surface area contributed by atoms with Gasteiger partial charge in [-0.3, -0.25) is 0 Å². The molecule has 2 rings (SSSR count). The van der Waals surface area contributed by atoms with E-state index in [1.807, 2.05) is 0 Å². The van der Waals surface area contributed by atoms with Gasteiger partial charge >= 0.3 is 5.97 Å². The lowest BCUT2D eigenvalue weighted by Gasteiger charge is -2.11. The van der Waals surface area contributed by atoms with Crippen LogP contribution in [0.1, 0.15) is 36.0 Å². The maximum absolute atomic E-state index is 11.0. The number of carbonyl (C=O) groups is 1. The molecule has 4 heteroatoms. The molecule has 1 aliphatic carbocycles. The fourth-order valence-corrected chi connectivity index (χ4v) is 2.41. The van der Waals surface area contributed by atoms with Crippen LogP contribution in [-0.2, 0) is 4.74 Å². The Kier molecular flexibility index (Phi) is 5.21. The first kappa shape index (κ1) is 13.9.